The summed E-state index contributed by atoms with van der Waals surface area (Å²) in [4.78, 5) is 8.24. The monoisotopic (exact) mass is 324 g/mol. The molecule has 0 radical (unpaired) electrons. The van der Waals surface area contributed by atoms with Crippen molar-refractivity contribution in [1.82, 2.24) is 10.3 Å². The number of nitrogens with one attached hydrogen (secondary N) is 1. The van der Waals surface area contributed by atoms with Gasteiger partial charge in [-0.2, -0.15) is 0 Å². The lowest BCUT2D eigenvalue weighted by Gasteiger charge is -2.19. The molecule has 2 heterocycles. The molecule has 0 bridgehead atoms. The van der Waals surface area contributed by atoms with Crippen LogP contribution in [0, 0.1) is 6.92 Å². The Balaban J connectivity index is 1.69. The van der Waals surface area contributed by atoms with Gasteiger partial charge in [-0.25, -0.2) is 4.98 Å². The van der Waals surface area contributed by atoms with E-state index in [9.17, 15) is 0 Å². The van der Waals surface area contributed by atoms with Crippen LogP contribution < -0.4 is 5.32 Å². The molecule has 0 aromatic carbocycles. The number of ether oxygens (including phenoxy) is 1. The van der Waals surface area contributed by atoms with E-state index >= 15 is 0 Å². The van der Waals surface area contributed by atoms with Crippen molar-refractivity contribution in [2.45, 2.75) is 52.8 Å². The first-order valence-corrected chi connectivity index (χ1v) is 8.93. The van der Waals surface area contributed by atoms with E-state index in [0.29, 0.717) is 6.61 Å². The Bertz CT molecular complexity index is 555. The maximum atomic E-state index is 5.78. The van der Waals surface area contributed by atoms with Crippen molar-refractivity contribution in [3.05, 3.63) is 38.0 Å². The highest BCUT2D eigenvalue weighted by atomic mass is 32.1. The Morgan fingerprint density at radius 3 is 2.67 bits per heavy atom. The molecule has 2 aromatic heterocycles. The minimum absolute atomic E-state index is 0.160. The van der Waals surface area contributed by atoms with Crippen LogP contribution in [0.25, 0.3) is 0 Å². The predicted molar refractivity (Wildman–Crippen MR) is 91.1 cm³/mol. The molecular weight excluding hydrogens is 300 g/mol. The molecule has 0 saturated heterocycles. The molecule has 5 heteroatoms. The van der Waals surface area contributed by atoms with Crippen LogP contribution in [0.4, 0.5) is 0 Å². The maximum Gasteiger partial charge on any atom is 0.0809 e. The van der Waals surface area contributed by atoms with Gasteiger partial charge in [0.15, 0.2) is 0 Å². The molecular formula is C16H24N2OS2. The van der Waals surface area contributed by atoms with Gasteiger partial charge in [0.25, 0.3) is 0 Å². The van der Waals surface area contributed by atoms with Crippen LogP contribution in [-0.2, 0) is 24.3 Å². The van der Waals surface area contributed by atoms with Crippen LogP contribution in [0.1, 0.15) is 41.1 Å². The zero-order valence-electron chi connectivity index (χ0n) is 13.2. The van der Waals surface area contributed by atoms with Gasteiger partial charge in [0.05, 0.1) is 24.4 Å². The summed E-state index contributed by atoms with van der Waals surface area (Å²) >= 11 is 3.54. The van der Waals surface area contributed by atoms with E-state index in [2.05, 4.69) is 50.1 Å². The number of aryl methyl sites for hydroxylation is 1. The Kier molecular flexibility index (Phi) is 5.93. The van der Waals surface area contributed by atoms with Crippen molar-refractivity contribution in [2.24, 2.45) is 0 Å². The lowest BCUT2D eigenvalue weighted by molar-refractivity contribution is 0.126. The summed E-state index contributed by atoms with van der Waals surface area (Å²) in [7, 11) is 0. The van der Waals surface area contributed by atoms with Crippen LogP contribution in [-0.4, -0.2) is 17.1 Å². The molecule has 0 fully saturated rings. The second-order valence-electron chi connectivity index (χ2n) is 6.14. The van der Waals surface area contributed by atoms with Crippen molar-refractivity contribution in [3.63, 3.8) is 0 Å². The fourth-order valence-electron chi connectivity index (χ4n) is 1.85. The van der Waals surface area contributed by atoms with Crippen molar-refractivity contribution in [2.75, 3.05) is 6.61 Å². The van der Waals surface area contributed by atoms with Crippen LogP contribution >= 0.6 is 22.7 Å². The third-order valence-electron chi connectivity index (χ3n) is 3.07. The van der Waals surface area contributed by atoms with E-state index in [-0.39, 0.29) is 5.54 Å². The minimum atomic E-state index is 0.160. The number of rotatable bonds is 7. The average molecular weight is 325 g/mol. The highest BCUT2D eigenvalue weighted by Crippen LogP contribution is 2.19. The standard InChI is InChI=1S/C16H24N2OS2/c1-12-15(20-11-17-12)7-8-19-10-14-6-5-13(21-14)9-18-16(2,3)4/h5-6,11,18H,7-10H2,1-4H3. The normalized spacial score (nSPS) is 12.0. The lowest BCUT2D eigenvalue weighted by Crippen LogP contribution is -2.34. The Labute approximate surface area is 135 Å². The van der Waals surface area contributed by atoms with Gasteiger partial charge >= 0.3 is 0 Å². The molecule has 2 rings (SSSR count). The number of nitrogens with zero attached hydrogens (tertiary/aromatic N) is 1. The molecule has 1 N–H and O–H groups in total. The molecule has 21 heavy (non-hydrogen) atoms. The second kappa shape index (κ2) is 7.49. The zero-order valence-corrected chi connectivity index (χ0v) is 14.9. The molecule has 3 nitrogen and oxygen atoms in total. The highest BCUT2D eigenvalue weighted by Gasteiger charge is 2.09. The molecule has 0 atom stereocenters. The van der Waals surface area contributed by atoms with Gasteiger partial charge in [0.1, 0.15) is 0 Å². The van der Waals surface area contributed by atoms with E-state index < -0.39 is 0 Å². The maximum absolute atomic E-state index is 5.78. The molecule has 0 unspecified atom stereocenters. The highest BCUT2D eigenvalue weighted by molar-refractivity contribution is 7.12. The topological polar surface area (TPSA) is 34.1 Å². The molecule has 0 spiro atoms. The fraction of sp³-hybridized carbons (Fsp3) is 0.562. The Morgan fingerprint density at radius 1 is 1.24 bits per heavy atom. The number of hydrogen-bond donors (Lipinski definition) is 1. The summed E-state index contributed by atoms with van der Waals surface area (Å²) in [6.07, 6.45) is 0.959. The van der Waals surface area contributed by atoms with Gasteiger partial charge in [0.2, 0.25) is 0 Å². The largest absolute Gasteiger partial charge is 0.376 e. The van der Waals surface area contributed by atoms with Gasteiger partial charge in [-0.05, 0) is 39.8 Å². The van der Waals surface area contributed by atoms with Gasteiger partial charge in [-0.1, -0.05) is 0 Å². The van der Waals surface area contributed by atoms with Crippen LogP contribution in [0.5, 0.6) is 0 Å². The van der Waals surface area contributed by atoms with Gasteiger partial charge in [-0.15, -0.1) is 22.7 Å². The second-order valence-corrected chi connectivity index (χ2v) is 8.33. The van der Waals surface area contributed by atoms with E-state index in [1.807, 2.05) is 16.8 Å². The summed E-state index contributed by atoms with van der Waals surface area (Å²) in [5.41, 5.74) is 3.20. The van der Waals surface area contributed by atoms with Crippen molar-refractivity contribution in [3.8, 4) is 0 Å². The zero-order chi connectivity index (χ0) is 15.3. The van der Waals surface area contributed by atoms with Crippen LogP contribution in [0.15, 0.2) is 17.6 Å². The minimum Gasteiger partial charge on any atom is -0.376 e. The predicted octanol–water partition coefficient (Wildman–Crippen LogP) is 4.16. The molecule has 116 valence electrons. The first-order chi connectivity index (χ1) is 9.94. The molecule has 0 aliphatic carbocycles. The molecule has 0 amide bonds. The van der Waals surface area contributed by atoms with Crippen LogP contribution in [0.3, 0.4) is 0 Å². The smallest absolute Gasteiger partial charge is 0.0809 e. The summed E-state index contributed by atoms with van der Waals surface area (Å²) in [5, 5.41) is 3.51. The SMILES string of the molecule is Cc1ncsc1CCOCc1ccc(CNC(C)(C)C)s1. The van der Waals surface area contributed by atoms with Crippen molar-refractivity contribution in [1.29, 1.82) is 0 Å². The van der Waals surface area contributed by atoms with Crippen molar-refractivity contribution < 1.29 is 4.74 Å². The first kappa shape index (κ1) is 16.6. The third-order valence-corrected chi connectivity index (χ3v) is 5.13. The van der Waals surface area contributed by atoms with Gasteiger partial charge < -0.3 is 10.1 Å². The summed E-state index contributed by atoms with van der Waals surface area (Å²) < 4.78 is 5.78. The van der Waals surface area contributed by atoms with E-state index in [1.165, 1.54) is 14.6 Å². The molecule has 0 saturated carbocycles. The summed E-state index contributed by atoms with van der Waals surface area (Å²) in [5.74, 6) is 0. The Morgan fingerprint density at radius 2 is 2.00 bits per heavy atom. The fourth-order valence-corrected chi connectivity index (χ4v) is 3.51. The third kappa shape index (κ3) is 5.87. The van der Waals surface area contributed by atoms with E-state index in [1.54, 1.807) is 11.3 Å². The van der Waals surface area contributed by atoms with Crippen LogP contribution in [0.2, 0.25) is 0 Å². The molecule has 2 aromatic rings. The van der Waals surface area contributed by atoms with E-state index in [0.717, 1.165) is 25.3 Å². The lowest BCUT2D eigenvalue weighted by atomic mass is 10.1. The number of aromatic nitrogens is 1. The van der Waals surface area contributed by atoms with Crippen molar-refractivity contribution >= 4 is 22.7 Å². The van der Waals surface area contributed by atoms with Gasteiger partial charge in [0, 0.05) is 33.1 Å². The number of hydrogen-bond acceptors (Lipinski definition) is 5. The summed E-state index contributed by atoms with van der Waals surface area (Å²) in [6, 6.07) is 4.36. The van der Waals surface area contributed by atoms with Gasteiger partial charge in [-0.3, -0.25) is 0 Å². The quantitative estimate of drug-likeness (QED) is 0.777. The molecule has 0 aliphatic rings. The van der Waals surface area contributed by atoms with E-state index in [4.69, 9.17) is 4.74 Å². The summed E-state index contributed by atoms with van der Waals surface area (Å²) in [6.45, 7) is 11.0. The Hall–Kier alpha value is -0.750. The number of thiazole rings is 1. The molecule has 0 aliphatic heterocycles. The number of thiophene rings is 1. The first-order valence-electron chi connectivity index (χ1n) is 7.23. The average Bonchev–Trinajstić information content (AvgIpc) is 3.01.